The number of halogens is 1. The molecule has 1 aromatic carbocycles. The van der Waals surface area contributed by atoms with E-state index >= 15 is 0 Å². The lowest BCUT2D eigenvalue weighted by Crippen LogP contribution is -2.09. The highest BCUT2D eigenvalue weighted by molar-refractivity contribution is 6.00. The summed E-state index contributed by atoms with van der Waals surface area (Å²) in [5, 5.41) is 14.9. The number of rotatable bonds is 5. The molecule has 0 unspecified atom stereocenters. The highest BCUT2D eigenvalue weighted by Crippen LogP contribution is 2.26. The second kappa shape index (κ2) is 7.15. The van der Waals surface area contributed by atoms with Gasteiger partial charge in [-0.2, -0.15) is 15.2 Å². The third-order valence-corrected chi connectivity index (χ3v) is 4.30. The fraction of sp³-hybridized carbons (Fsp3) is 0.105. The highest BCUT2D eigenvalue weighted by atomic mass is 19.1. The van der Waals surface area contributed by atoms with Gasteiger partial charge in [-0.05, 0) is 31.2 Å². The van der Waals surface area contributed by atoms with Crippen LogP contribution in [-0.4, -0.2) is 35.4 Å². The molecule has 9 nitrogen and oxygen atoms in total. The molecule has 1 amide bonds. The van der Waals surface area contributed by atoms with Crippen molar-refractivity contribution in [3.8, 4) is 5.82 Å². The van der Waals surface area contributed by atoms with Crippen LogP contribution in [0.15, 0.2) is 49.3 Å². The van der Waals surface area contributed by atoms with Crippen LogP contribution in [0.4, 0.5) is 21.8 Å². The molecule has 0 aliphatic rings. The first kappa shape index (κ1) is 18.3. The Balaban J connectivity index is 1.76. The third kappa shape index (κ3) is 3.43. The second-order valence-electron chi connectivity index (χ2n) is 6.25. The molecule has 4 rings (SSSR count). The van der Waals surface area contributed by atoms with E-state index in [9.17, 15) is 9.18 Å². The second-order valence-corrected chi connectivity index (χ2v) is 6.25. The van der Waals surface area contributed by atoms with Crippen molar-refractivity contribution in [3.63, 3.8) is 0 Å². The Labute approximate surface area is 164 Å². The minimum atomic E-state index is -0.617. The van der Waals surface area contributed by atoms with Crippen molar-refractivity contribution in [2.24, 2.45) is 7.05 Å². The zero-order valence-electron chi connectivity index (χ0n) is 15.7. The minimum Gasteiger partial charge on any atom is -0.323 e. The molecular weight excluding hydrogens is 375 g/mol. The lowest BCUT2D eigenvalue weighted by Gasteiger charge is -2.08. The van der Waals surface area contributed by atoms with E-state index in [2.05, 4.69) is 37.4 Å². The summed E-state index contributed by atoms with van der Waals surface area (Å²) in [6, 6.07) is 6.96. The number of aromatic nitrogens is 6. The number of nitrogens with one attached hydrogen (secondary N) is 2. The number of hydrogen-bond acceptors (Lipinski definition) is 6. The van der Waals surface area contributed by atoms with Crippen LogP contribution in [0.3, 0.4) is 0 Å². The maximum atomic E-state index is 14.5. The molecule has 2 N–H and O–H groups in total. The Morgan fingerprint density at radius 2 is 2.14 bits per heavy atom. The van der Waals surface area contributed by atoms with Crippen molar-refractivity contribution in [2.75, 3.05) is 10.6 Å². The van der Waals surface area contributed by atoms with Crippen molar-refractivity contribution >= 4 is 34.3 Å². The van der Waals surface area contributed by atoms with Crippen LogP contribution in [-0.2, 0) is 11.8 Å². The molecule has 3 heterocycles. The van der Waals surface area contributed by atoms with Gasteiger partial charge >= 0.3 is 0 Å². The predicted octanol–water partition coefficient (Wildman–Crippen LogP) is 2.86. The Morgan fingerprint density at radius 1 is 1.31 bits per heavy atom. The molecule has 0 atom stereocenters. The number of carbonyl (C=O) groups excluding carboxylic acids is 1. The zero-order chi connectivity index (χ0) is 20.5. The number of benzene rings is 1. The van der Waals surface area contributed by atoms with Crippen LogP contribution >= 0.6 is 0 Å². The number of amides is 1. The summed E-state index contributed by atoms with van der Waals surface area (Å²) in [5.74, 6) is -0.0606. The molecule has 146 valence electrons. The fourth-order valence-electron chi connectivity index (χ4n) is 2.88. The SMILES string of the molecule is C=CC(=O)Nc1ccc2c(c1)c(C)nn2-c1nc(Nc2ccnn2C)ncc1F. The van der Waals surface area contributed by atoms with E-state index in [1.165, 1.54) is 10.8 Å². The summed E-state index contributed by atoms with van der Waals surface area (Å²) in [6.45, 7) is 5.23. The number of nitrogens with zero attached hydrogens (tertiary/aromatic N) is 6. The topological polar surface area (TPSA) is 103 Å². The van der Waals surface area contributed by atoms with E-state index in [1.54, 1.807) is 49.1 Å². The molecule has 3 aromatic heterocycles. The quantitative estimate of drug-likeness (QED) is 0.506. The van der Waals surface area contributed by atoms with Gasteiger partial charge in [-0.3, -0.25) is 9.48 Å². The van der Waals surface area contributed by atoms with Gasteiger partial charge < -0.3 is 10.6 Å². The normalized spacial score (nSPS) is 10.9. The number of fused-ring (bicyclic) bond motifs is 1. The smallest absolute Gasteiger partial charge is 0.247 e. The first-order valence-corrected chi connectivity index (χ1v) is 8.67. The lowest BCUT2D eigenvalue weighted by atomic mass is 10.2. The van der Waals surface area contributed by atoms with Crippen molar-refractivity contribution < 1.29 is 9.18 Å². The Bertz CT molecular complexity index is 1240. The van der Waals surface area contributed by atoms with Crippen molar-refractivity contribution in [1.82, 2.24) is 29.5 Å². The third-order valence-electron chi connectivity index (χ3n) is 4.30. The molecule has 0 saturated carbocycles. The first-order valence-electron chi connectivity index (χ1n) is 8.67. The fourth-order valence-corrected chi connectivity index (χ4v) is 2.88. The van der Waals surface area contributed by atoms with Gasteiger partial charge in [0.1, 0.15) is 5.82 Å². The van der Waals surface area contributed by atoms with Crippen LogP contribution < -0.4 is 10.6 Å². The predicted molar refractivity (Wildman–Crippen MR) is 107 cm³/mol. The van der Waals surface area contributed by atoms with Gasteiger partial charge in [-0.15, -0.1) is 0 Å². The van der Waals surface area contributed by atoms with E-state index < -0.39 is 5.82 Å². The van der Waals surface area contributed by atoms with Crippen LogP contribution in [0.1, 0.15) is 5.69 Å². The van der Waals surface area contributed by atoms with Crippen LogP contribution in [0.25, 0.3) is 16.7 Å². The Kier molecular flexibility index (Phi) is 4.51. The van der Waals surface area contributed by atoms with Crippen molar-refractivity contribution in [3.05, 3.63) is 60.8 Å². The molecular formula is C19H17FN8O. The van der Waals surface area contributed by atoms with Gasteiger partial charge in [0.05, 0.1) is 23.6 Å². The monoisotopic (exact) mass is 392 g/mol. The zero-order valence-corrected chi connectivity index (χ0v) is 15.7. The van der Waals surface area contributed by atoms with E-state index in [0.717, 1.165) is 11.6 Å². The van der Waals surface area contributed by atoms with Gasteiger partial charge in [0.25, 0.3) is 0 Å². The molecule has 0 spiro atoms. The number of aryl methyl sites for hydroxylation is 2. The largest absolute Gasteiger partial charge is 0.323 e. The van der Waals surface area contributed by atoms with E-state index in [1.807, 2.05) is 0 Å². The summed E-state index contributed by atoms with van der Waals surface area (Å²) < 4.78 is 17.6. The summed E-state index contributed by atoms with van der Waals surface area (Å²) >= 11 is 0. The summed E-state index contributed by atoms with van der Waals surface area (Å²) in [4.78, 5) is 19.8. The molecule has 29 heavy (non-hydrogen) atoms. The van der Waals surface area contributed by atoms with Crippen molar-refractivity contribution in [2.45, 2.75) is 6.92 Å². The number of carbonyl (C=O) groups is 1. The van der Waals surface area contributed by atoms with Crippen LogP contribution in [0.2, 0.25) is 0 Å². The molecule has 0 saturated heterocycles. The molecule has 0 aliphatic heterocycles. The van der Waals surface area contributed by atoms with Gasteiger partial charge in [0.15, 0.2) is 11.6 Å². The molecule has 0 radical (unpaired) electrons. The molecule has 0 bridgehead atoms. The van der Waals surface area contributed by atoms with Crippen LogP contribution in [0.5, 0.6) is 0 Å². The molecule has 0 aliphatic carbocycles. The van der Waals surface area contributed by atoms with Crippen molar-refractivity contribution in [1.29, 1.82) is 0 Å². The first-order chi connectivity index (χ1) is 14.0. The molecule has 0 fully saturated rings. The van der Waals surface area contributed by atoms with Gasteiger partial charge in [0, 0.05) is 24.2 Å². The number of anilines is 3. The average Bonchev–Trinajstić information content (AvgIpc) is 3.26. The van der Waals surface area contributed by atoms with E-state index in [0.29, 0.717) is 22.7 Å². The van der Waals surface area contributed by atoms with Gasteiger partial charge in [-0.25, -0.2) is 14.1 Å². The van der Waals surface area contributed by atoms with Gasteiger partial charge in [-0.1, -0.05) is 6.58 Å². The lowest BCUT2D eigenvalue weighted by molar-refractivity contribution is -0.111. The highest BCUT2D eigenvalue weighted by Gasteiger charge is 2.16. The molecule has 4 aromatic rings. The Morgan fingerprint density at radius 3 is 2.86 bits per heavy atom. The van der Waals surface area contributed by atoms with Crippen LogP contribution in [0, 0.1) is 12.7 Å². The van der Waals surface area contributed by atoms with Gasteiger partial charge in [0.2, 0.25) is 11.9 Å². The minimum absolute atomic E-state index is 0.00523. The molecule has 10 heteroatoms. The summed E-state index contributed by atoms with van der Waals surface area (Å²) in [5.41, 5.74) is 1.89. The maximum Gasteiger partial charge on any atom is 0.247 e. The number of hydrogen-bond donors (Lipinski definition) is 2. The maximum absolute atomic E-state index is 14.5. The standard InChI is InChI=1S/C19H17FN8O/c1-4-17(29)23-12-5-6-15-13(9-12)11(2)26-28(15)18-14(20)10-21-19(25-18)24-16-7-8-22-27(16)3/h4-10H,1H2,2-3H3,(H,23,29)(H,21,24,25). The van der Waals surface area contributed by atoms with E-state index in [-0.39, 0.29) is 17.7 Å². The van der Waals surface area contributed by atoms with E-state index in [4.69, 9.17) is 0 Å². The summed E-state index contributed by atoms with van der Waals surface area (Å²) in [7, 11) is 1.76. The average molecular weight is 392 g/mol. The Hall–Kier alpha value is -4.08. The summed E-state index contributed by atoms with van der Waals surface area (Å²) in [6.07, 6.45) is 3.90.